The van der Waals surface area contributed by atoms with Crippen molar-refractivity contribution < 1.29 is 14.6 Å². The fourth-order valence-corrected chi connectivity index (χ4v) is 5.80. The van der Waals surface area contributed by atoms with Crippen LogP contribution in [0.4, 0.5) is 5.82 Å². The van der Waals surface area contributed by atoms with Gasteiger partial charge in [0.25, 0.3) is 0 Å². The molecule has 0 spiro atoms. The van der Waals surface area contributed by atoms with E-state index in [1.807, 2.05) is 63.6 Å². The lowest BCUT2D eigenvalue weighted by Crippen LogP contribution is -2.41. The average molecular weight is 549 g/mol. The number of hydrogen-bond acceptors (Lipinski definition) is 9. The molecule has 0 amide bonds. The molecule has 0 saturated carbocycles. The number of fused-ring (bicyclic) bond motifs is 2. The number of ether oxygens (including phenoxy) is 2. The lowest BCUT2D eigenvalue weighted by atomic mass is 9.83. The van der Waals surface area contributed by atoms with Crippen molar-refractivity contribution in [2.75, 3.05) is 44.3 Å². The molecular weight excluding hydrogens is 508 g/mol. The molecule has 0 radical (unpaired) electrons. The van der Waals surface area contributed by atoms with Crippen molar-refractivity contribution >= 4 is 28.0 Å². The maximum Gasteiger partial charge on any atom is 0.304 e. The monoisotopic (exact) mass is 548 g/mol. The van der Waals surface area contributed by atoms with E-state index in [0.29, 0.717) is 31.1 Å². The molecule has 4 aromatic rings. The summed E-state index contributed by atoms with van der Waals surface area (Å²) in [6.45, 7) is 13.2. The number of imidazole rings is 2. The Morgan fingerprint density at radius 1 is 1.02 bits per heavy atom. The minimum Gasteiger partial charge on any atom is -0.462 e. The van der Waals surface area contributed by atoms with Crippen molar-refractivity contribution in [3.63, 3.8) is 0 Å². The molecule has 2 aliphatic heterocycles. The van der Waals surface area contributed by atoms with Gasteiger partial charge in [0.1, 0.15) is 5.82 Å². The van der Waals surface area contributed by atoms with E-state index < -0.39 is 5.60 Å². The first-order valence-corrected chi connectivity index (χ1v) is 14.3. The van der Waals surface area contributed by atoms with Crippen molar-refractivity contribution in [3.8, 4) is 12.0 Å². The Bertz CT molecular complexity index is 1490. The summed E-state index contributed by atoms with van der Waals surface area (Å²) in [5.74, 6) is 2.59. The van der Waals surface area contributed by atoms with E-state index in [1.165, 1.54) is 0 Å². The lowest BCUT2D eigenvalue weighted by molar-refractivity contribution is -0.0139. The second-order valence-corrected chi connectivity index (χ2v) is 11.8. The summed E-state index contributed by atoms with van der Waals surface area (Å²) in [7, 11) is 2.03. The molecule has 11 nitrogen and oxygen atoms in total. The van der Waals surface area contributed by atoms with Gasteiger partial charge in [-0.2, -0.15) is 15.0 Å². The van der Waals surface area contributed by atoms with Crippen LogP contribution in [0.25, 0.3) is 28.1 Å². The molecular formula is C29H40N8O3. The Hall–Kier alpha value is -3.28. The number of aliphatic hydroxyl groups is 1. The van der Waals surface area contributed by atoms with Crippen LogP contribution in [0.2, 0.25) is 0 Å². The number of anilines is 1. The van der Waals surface area contributed by atoms with Gasteiger partial charge < -0.3 is 24.0 Å². The first kappa shape index (κ1) is 26.9. The summed E-state index contributed by atoms with van der Waals surface area (Å²) in [5, 5.41) is 10.5. The van der Waals surface area contributed by atoms with Crippen LogP contribution in [-0.4, -0.2) is 90.2 Å². The van der Waals surface area contributed by atoms with E-state index in [-0.39, 0.29) is 6.10 Å². The Morgan fingerprint density at radius 2 is 1.75 bits per heavy atom. The molecule has 1 aromatic carbocycles. The molecule has 2 fully saturated rings. The highest BCUT2D eigenvalue weighted by atomic mass is 16.5. The highest BCUT2D eigenvalue weighted by molar-refractivity contribution is 5.86. The molecule has 5 heterocycles. The minimum atomic E-state index is -0.640. The van der Waals surface area contributed by atoms with E-state index in [1.54, 1.807) is 0 Å². The third-order valence-corrected chi connectivity index (χ3v) is 8.11. The first-order chi connectivity index (χ1) is 19.2. The standard InChI is InChI=1S/C29H40N8O3/c1-19(2)40-28-30-21-8-6-7-9-22(21)37(28)27-32-25-24(26(33-27)36-14-16-39-17-15-36)31-23(34(25)5)18-35-12-10-20(11-13-35)29(3,4)38/h6-9,19-20,38H,10-18H2,1-5H3. The zero-order valence-electron chi connectivity index (χ0n) is 24.2. The van der Waals surface area contributed by atoms with E-state index in [2.05, 4.69) is 14.4 Å². The van der Waals surface area contributed by atoms with Crippen LogP contribution < -0.4 is 9.64 Å². The van der Waals surface area contributed by atoms with Gasteiger partial charge >= 0.3 is 6.01 Å². The van der Waals surface area contributed by atoms with Gasteiger partial charge in [-0.1, -0.05) is 12.1 Å². The van der Waals surface area contributed by atoms with Gasteiger partial charge in [0.15, 0.2) is 17.0 Å². The highest BCUT2D eigenvalue weighted by Gasteiger charge is 2.31. The molecule has 3 aromatic heterocycles. The van der Waals surface area contributed by atoms with Crippen LogP contribution >= 0.6 is 0 Å². The number of hydrogen-bond donors (Lipinski definition) is 1. The van der Waals surface area contributed by atoms with Crippen molar-refractivity contribution in [1.82, 2.24) is 34.0 Å². The van der Waals surface area contributed by atoms with Gasteiger partial charge in [-0.05, 0) is 71.7 Å². The molecule has 1 N–H and O–H groups in total. The molecule has 40 heavy (non-hydrogen) atoms. The number of benzene rings is 1. The van der Waals surface area contributed by atoms with Crippen molar-refractivity contribution in [2.24, 2.45) is 13.0 Å². The maximum atomic E-state index is 10.5. The van der Waals surface area contributed by atoms with Crippen molar-refractivity contribution in [2.45, 2.75) is 58.8 Å². The smallest absolute Gasteiger partial charge is 0.304 e. The van der Waals surface area contributed by atoms with Gasteiger partial charge in [0.05, 0.1) is 42.5 Å². The number of aryl methyl sites for hydroxylation is 1. The number of aromatic nitrogens is 6. The second-order valence-electron chi connectivity index (χ2n) is 11.8. The zero-order valence-corrected chi connectivity index (χ0v) is 24.2. The van der Waals surface area contributed by atoms with Crippen molar-refractivity contribution in [1.29, 1.82) is 0 Å². The van der Waals surface area contributed by atoms with Crippen LogP contribution in [0.1, 0.15) is 46.4 Å². The van der Waals surface area contributed by atoms with E-state index in [0.717, 1.165) is 79.4 Å². The van der Waals surface area contributed by atoms with Crippen LogP contribution in [0.15, 0.2) is 24.3 Å². The van der Waals surface area contributed by atoms with Crippen LogP contribution in [-0.2, 0) is 18.3 Å². The minimum absolute atomic E-state index is 0.0538. The number of nitrogens with zero attached hydrogens (tertiary/aromatic N) is 8. The summed E-state index contributed by atoms with van der Waals surface area (Å²) >= 11 is 0. The fraction of sp³-hybridized carbons (Fsp3) is 0.586. The second kappa shape index (κ2) is 10.6. The van der Waals surface area contributed by atoms with Gasteiger partial charge in [-0.3, -0.25) is 4.90 Å². The molecule has 0 atom stereocenters. The summed E-state index contributed by atoms with van der Waals surface area (Å²) < 4.78 is 15.8. The Kier molecular flexibility index (Phi) is 7.14. The lowest BCUT2D eigenvalue weighted by Gasteiger charge is -2.37. The van der Waals surface area contributed by atoms with Gasteiger partial charge in [-0.15, -0.1) is 0 Å². The SMILES string of the molecule is CC(C)Oc1nc2ccccc2n1-c1nc(N2CCOCC2)c2nc(CN3CCC(C(C)(C)O)CC3)n(C)c2n1. The van der Waals surface area contributed by atoms with E-state index in [4.69, 9.17) is 29.4 Å². The van der Waals surface area contributed by atoms with Gasteiger partial charge in [0, 0.05) is 20.1 Å². The largest absolute Gasteiger partial charge is 0.462 e. The van der Waals surface area contributed by atoms with Crippen LogP contribution in [0.5, 0.6) is 6.01 Å². The number of piperidine rings is 1. The predicted molar refractivity (Wildman–Crippen MR) is 154 cm³/mol. The Morgan fingerprint density at radius 3 is 2.45 bits per heavy atom. The summed E-state index contributed by atoms with van der Waals surface area (Å²) in [5.41, 5.74) is 2.66. The quantitative estimate of drug-likeness (QED) is 0.372. The van der Waals surface area contributed by atoms with Gasteiger partial charge in [0.2, 0.25) is 5.95 Å². The van der Waals surface area contributed by atoms with Crippen LogP contribution in [0, 0.1) is 5.92 Å². The van der Waals surface area contributed by atoms with E-state index >= 15 is 0 Å². The molecule has 2 saturated heterocycles. The first-order valence-electron chi connectivity index (χ1n) is 14.3. The molecule has 2 aliphatic rings. The predicted octanol–water partition coefficient (Wildman–Crippen LogP) is 3.31. The normalized spacial score (nSPS) is 17.9. The third-order valence-electron chi connectivity index (χ3n) is 8.11. The topological polar surface area (TPSA) is 107 Å². The van der Waals surface area contributed by atoms with Crippen molar-refractivity contribution in [3.05, 3.63) is 30.1 Å². The molecule has 0 unspecified atom stereocenters. The zero-order chi connectivity index (χ0) is 28.0. The highest BCUT2D eigenvalue weighted by Crippen LogP contribution is 2.32. The molecule has 0 bridgehead atoms. The molecule has 11 heteroatoms. The summed E-state index contributed by atoms with van der Waals surface area (Å²) in [6.07, 6.45) is 1.90. The average Bonchev–Trinajstić information content (AvgIpc) is 3.44. The summed E-state index contributed by atoms with van der Waals surface area (Å²) in [4.78, 5) is 24.7. The number of para-hydroxylation sites is 2. The van der Waals surface area contributed by atoms with Gasteiger partial charge in [-0.25, -0.2) is 9.55 Å². The van der Waals surface area contributed by atoms with Crippen LogP contribution in [0.3, 0.4) is 0 Å². The number of rotatable bonds is 7. The molecule has 0 aliphatic carbocycles. The summed E-state index contributed by atoms with van der Waals surface area (Å²) in [6, 6.07) is 8.43. The third kappa shape index (κ3) is 5.13. The fourth-order valence-electron chi connectivity index (χ4n) is 5.80. The maximum absolute atomic E-state index is 10.5. The Balaban J connectivity index is 1.43. The molecule has 214 valence electrons. The Labute approximate surface area is 234 Å². The number of morpholine rings is 1. The van der Waals surface area contributed by atoms with E-state index in [9.17, 15) is 5.11 Å². The molecule has 6 rings (SSSR count). The number of likely N-dealkylation sites (tertiary alicyclic amines) is 1.